The van der Waals surface area contributed by atoms with Crippen LogP contribution in [0.15, 0.2) is 17.0 Å². The van der Waals surface area contributed by atoms with Crippen LogP contribution in [0.2, 0.25) is 10.0 Å². The van der Waals surface area contributed by atoms with Crippen LogP contribution in [0.1, 0.15) is 5.56 Å². The number of hydrogen-bond donors (Lipinski definition) is 1. The Hall–Kier alpha value is -0.470. The van der Waals surface area contributed by atoms with E-state index < -0.39 is 23.0 Å². The average Bonchev–Trinajstić information content (AvgIpc) is 2.33. The van der Waals surface area contributed by atoms with Gasteiger partial charge in [0.25, 0.3) is 6.43 Å². The molecular weight excluding hydrogens is 333 g/mol. The quantitative estimate of drug-likeness (QED) is 0.861. The van der Waals surface area contributed by atoms with Gasteiger partial charge in [-0.3, -0.25) is 0 Å². The van der Waals surface area contributed by atoms with Crippen LogP contribution in [0.25, 0.3) is 0 Å². The Morgan fingerprint density at radius 1 is 1.35 bits per heavy atom. The van der Waals surface area contributed by atoms with Crippen molar-refractivity contribution in [1.82, 2.24) is 9.62 Å². The zero-order valence-corrected chi connectivity index (χ0v) is 13.2. The molecule has 1 aromatic rings. The maximum Gasteiger partial charge on any atom is 0.252 e. The first-order valence-corrected chi connectivity index (χ1v) is 7.77. The maximum absolute atomic E-state index is 12.3. The molecule has 0 unspecified atom stereocenters. The Labute approximate surface area is 126 Å². The molecule has 0 radical (unpaired) electrons. The van der Waals surface area contributed by atoms with Crippen molar-refractivity contribution in [1.29, 1.82) is 0 Å². The highest BCUT2D eigenvalue weighted by molar-refractivity contribution is 7.89. The van der Waals surface area contributed by atoms with Crippen molar-refractivity contribution in [3.63, 3.8) is 0 Å². The summed E-state index contributed by atoms with van der Waals surface area (Å²) in [5, 5.41) is 3.05. The Kier molecular flexibility index (Phi) is 6.15. The summed E-state index contributed by atoms with van der Waals surface area (Å²) < 4.78 is 49.6. The van der Waals surface area contributed by atoms with Crippen molar-refractivity contribution in [2.24, 2.45) is 0 Å². The number of alkyl halides is 2. The largest absolute Gasteiger partial charge is 0.316 e. The van der Waals surface area contributed by atoms with Crippen LogP contribution in [0.4, 0.5) is 8.78 Å². The van der Waals surface area contributed by atoms with E-state index in [0.29, 0.717) is 14.9 Å². The van der Waals surface area contributed by atoms with Crippen LogP contribution in [-0.4, -0.2) is 39.8 Å². The van der Waals surface area contributed by atoms with Gasteiger partial charge in [0.15, 0.2) is 0 Å². The lowest BCUT2D eigenvalue weighted by molar-refractivity contribution is 0.126. The molecule has 0 atom stereocenters. The smallest absolute Gasteiger partial charge is 0.252 e. The molecule has 4 nitrogen and oxygen atoms in total. The van der Waals surface area contributed by atoms with E-state index in [2.05, 4.69) is 5.32 Å². The molecule has 1 aromatic carbocycles. The van der Waals surface area contributed by atoms with Gasteiger partial charge < -0.3 is 5.32 Å². The second kappa shape index (κ2) is 7.00. The molecule has 0 aromatic heterocycles. The van der Waals surface area contributed by atoms with E-state index in [9.17, 15) is 17.2 Å². The van der Waals surface area contributed by atoms with Crippen molar-refractivity contribution in [2.45, 2.75) is 17.9 Å². The van der Waals surface area contributed by atoms with Gasteiger partial charge in [-0.1, -0.05) is 23.2 Å². The van der Waals surface area contributed by atoms with Crippen molar-refractivity contribution in [3.05, 3.63) is 27.7 Å². The molecule has 9 heteroatoms. The predicted molar refractivity (Wildman–Crippen MR) is 75.0 cm³/mol. The minimum atomic E-state index is -4.09. The van der Waals surface area contributed by atoms with E-state index >= 15 is 0 Å². The molecule has 0 amide bonds. The zero-order valence-electron chi connectivity index (χ0n) is 10.8. The molecule has 0 aliphatic rings. The molecule has 0 bridgehead atoms. The number of nitrogens with zero attached hydrogens (tertiary/aromatic N) is 1. The maximum atomic E-state index is 12.3. The highest BCUT2D eigenvalue weighted by Gasteiger charge is 2.27. The average molecular weight is 347 g/mol. The minimum absolute atomic E-state index is 0.0621. The van der Waals surface area contributed by atoms with Gasteiger partial charge in [-0.05, 0) is 19.2 Å². The molecule has 114 valence electrons. The Morgan fingerprint density at radius 3 is 2.45 bits per heavy atom. The van der Waals surface area contributed by atoms with Gasteiger partial charge in [-0.25, -0.2) is 17.2 Å². The van der Waals surface area contributed by atoms with Crippen molar-refractivity contribution in [2.75, 3.05) is 20.6 Å². The van der Waals surface area contributed by atoms with Gasteiger partial charge >= 0.3 is 0 Å². The molecule has 1 rings (SSSR count). The number of sulfonamides is 1. The Balaban J connectivity index is 3.29. The third-order valence-corrected chi connectivity index (χ3v) is 5.35. The van der Waals surface area contributed by atoms with E-state index in [0.717, 1.165) is 7.05 Å². The monoisotopic (exact) mass is 346 g/mol. The van der Waals surface area contributed by atoms with E-state index in [-0.39, 0.29) is 16.5 Å². The fraction of sp³-hybridized carbons (Fsp3) is 0.455. The Morgan fingerprint density at radius 2 is 1.95 bits per heavy atom. The highest BCUT2D eigenvalue weighted by Crippen LogP contribution is 2.32. The van der Waals surface area contributed by atoms with Gasteiger partial charge in [-0.15, -0.1) is 0 Å². The fourth-order valence-electron chi connectivity index (χ4n) is 1.57. The summed E-state index contributed by atoms with van der Waals surface area (Å²) in [5.74, 6) is 0. The molecule has 0 aliphatic carbocycles. The minimum Gasteiger partial charge on any atom is -0.316 e. The molecule has 0 aliphatic heterocycles. The number of halogens is 4. The van der Waals surface area contributed by atoms with Gasteiger partial charge in [0.05, 0.1) is 11.6 Å². The van der Waals surface area contributed by atoms with Crippen molar-refractivity contribution < 1.29 is 17.2 Å². The van der Waals surface area contributed by atoms with Gasteiger partial charge in [0.2, 0.25) is 10.0 Å². The number of nitrogens with one attached hydrogen (secondary N) is 1. The third kappa shape index (κ3) is 3.79. The van der Waals surface area contributed by atoms with Crippen LogP contribution < -0.4 is 5.32 Å². The van der Waals surface area contributed by atoms with Crippen LogP contribution >= 0.6 is 23.2 Å². The molecule has 0 fully saturated rings. The topological polar surface area (TPSA) is 49.4 Å². The lowest BCUT2D eigenvalue weighted by Gasteiger charge is -2.19. The van der Waals surface area contributed by atoms with Crippen LogP contribution in [0.3, 0.4) is 0 Å². The summed E-state index contributed by atoms with van der Waals surface area (Å²) in [6, 6.07) is 2.59. The van der Waals surface area contributed by atoms with Crippen molar-refractivity contribution in [3.8, 4) is 0 Å². The summed E-state index contributed by atoms with van der Waals surface area (Å²) in [7, 11) is -1.36. The standard InChI is InChI=1S/C11H14Cl2F2N2O2S/c1-16-5-7-8(12)3-4-9(11(7)13)20(18,19)17(2)6-10(14)15/h3-4,10,16H,5-6H2,1-2H3. The summed E-state index contributed by atoms with van der Waals surface area (Å²) >= 11 is 12.0. The van der Waals surface area contributed by atoms with Gasteiger partial charge in [0.1, 0.15) is 4.90 Å². The van der Waals surface area contributed by atoms with Crippen molar-refractivity contribution >= 4 is 33.2 Å². The SMILES string of the molecule is CNCc1c(Cl)ccc(S(=O)(=O)N(C)CC(F)F)c1Cl. The normalized spacial score (nSPS) is 12.4. The van der Waals surface area contributed by atoms with Crippen LogP contribution in [-0.2, 0) is 16.6 Å². The van der Waals surface area contributed by atoms with Crippen LogP contribution in [0.5, 0.6) is 0 Å². The lowest BCUT2D eigenvalue weighted by Crippen LogP contribution is -2.31. The summed E-state index contributed by atoms with van der Waals surface area (Å²) in [6.45, 7) is -0.637. The van der Waals surface area contributed by atoms with Gasteiger partial charge in [-0.2, -0.15) is 4.31 Å². The number of rotatable bonds is 6. The molecule has 20 heavy (non-hydrogen) atoms. The second-order valence-electron chi connectivity index (χ2n) is 4.05. The zero-order chi connectivity index (χ0) is 15.5. The van der Waals surface area contributed by atoms with E-state index in [4.69, 9.17) is 23.2 Å². The van der Waals surface area contributed by atoms with Crippen LogP contribution in [0, 0.1) is 0 Å². The fourth-order valence-corrected chi connectivity index (χ4v) is 3.61. The third-order valence-electron chi connectivity index (χ3n) is 2.59. The lowest BCUT2D eigenvalue weighted by atomic mass is 10.2. The van der Waals surface area contributed by atoms with E-state index in [1.165, 1.54) is 12.1 Å². The first kappa shape index (κ1) is 17.6. The van der Waals surface area contributed by atoms with E-state index in [1.54, 1.807) is 7.05 Å². The highest BCUT2D eigenvalue weighted by atomic mass is 35.5. The summed E-state index contributed by atoms with van der Waals surface area (Å²) in [6.07, 6.45) is -2.77. The number of benzene rings is 1. The molecular formula is C11H14Cl2F2N2O2S. The number of hydrogen-bond acceptors (Lipinski definition) is 3. The first-order chi connectivity index (χ1) is 9.21. The first-order valence-electron chi connectivity index (χ1n) is 5.57. The summed E-state index contributed by atoms with van der Waals surface area (Å²) in [4.78, 5) is -0.239. The summed E-state index contributed by atoms with van der Waals surface area (Å²) in [5.41, 5.74) is 0.405. The molecule has 1 N–H and O–H groups in total. The predicted octanol–water partition coefficient (Wildman–Crippen LogP) is 2.60. The van der Waals surface area contributed by atoms with Gasteiger partial charge in [0, 0.05) is 24.2 Å². The molecule has 0 spiro atoms. The van der Waals surface area contributed by atoms with E-state index in [1.807, 2.05) is 0 Å². The molecule has 0 saturated heterocycles. The molecule has 0 saturated carbocycles. The Bertz CT molecular complexity index is 582. The second-order valence-corrected chi connectivity index (χ2v) is 6.84. The molecule has 0 heterocycles.